The summed E-state index contributed by atoms with van der Waals surface area (Å²) in [6.07, 6.45) is 2.21. The second-order valence-corrected chi connectivity index (χ2v) is 4.88. The molecule has 2 unspecified atom stereocenters. The van der Waals surface area contributed by atoms with Crippen molar-refractivity contribution in [3.8, 4) is 0 Å². The Labute approximate surface area is 95.9 Å². The summed E-state index contributed by atoms with van der Waals surface area (Å²) in [5, 5.41) is 13.8. The van der Waals surface area contributed by atoms with Gasteiger partial charge in [-0.1, -0.05) is 0 Å². The molecule has 2 atom stereocenters. The van der Waals surface area contributed by atoms with Gasteiger partial charge in [0.05, 0.1) is 16.9 Å². The zero-order valence-electron chi connectivity index (χ0n) is 8.47. The summed E-state index contributed by atoms with van der Waals surface area (Å²) in [6, 6.07) is 1.90. The zero-order valence-corrected chi connectivity index (χ0v) is 9.29. The maximum absolute atomic E-state index is 11.8. The fourth-order valence-corrected chi connectivity index (χ4v) is 3.00. The Morgan fingerprint density at radius 1 is 1.50 bits per heavy atom. The number of fused-ring (bicyclic) bond motifs is 1. The van der Waals surface area contributed by atoms with Crippen LogP contribution in [-0.4, -0.2) is 17.2 Å². The van der Waals surface area contributed by atoms with Crippen LogP contribution in [0, 0.1) is 0 Å². The van der Waals surface area contributed by atoms with Gasteiger partial charge < -0.3 is 14.8 Å². The van der Waals surface area contributed by atoms with Crippen molar-refractivity contribution in [2.45, 2.75) is 25.0 Å². The van der Waals surface area contributed by atoms with E-state index in [9.17, 15) is 9.90 Å². The molecule has 0 bridgehead atoms. The Balaban J connectivity index is 1.98. The molecule has 1 aliphatic heterocycles. The van der Waals surface area contributed by atoms with Gasteiger partial charge in [-0.05, 0) is 24.3 Å². The molecule has 2 N–H and O–H groups in total. The summed E-state index contributed by atoms with van der Waals surface area (Å²) >= 11 is 1.58. The van der Waals surface area contributed by atoms with E-state index in [1.54, 1.807) is 17.6 Å². The van der Waals surface area contributed by atoms with Crippen molar-refractivity contribution in [1.82, 2.24) is 5.32 Å². The predicted molar refractivity (Wildman–Crippen MR) is 60.2 cm³/mol. The molecule has 1 fully saturated rings. The third-order valence-electron chi connectivity index (χ3n) is 2.93. The van der Waals surface area contributed by atoms with Gasteiger partial charge in [0.1, 0.15) is 11.8 Å². The highest BCUT2D eigenvalue weighted by Gasteiger charge is 2.30. The number of aliphatic hydroxyl groups excluding tert-OH is 1. The Hall–Kier alpha value is -1.33. The fraction of sp³-hybridized carbons (Fsp3) is 0.364. The lowest BCUT2D eigenvalue weighted by Crippen LogP contribution is -2.42. The van der Waals surface area contributed by atoms with Crippen LogP contribution >= 0.6 is 11.3 Å². The van der Waals surface area contributed by atoms with Crippen molar-refractivity contribution >= 4 is 27.5 Å². The third kappa shape index (κ3) is 1.44. The standard InChI is InChI=1S/C11H11NO3S/c13-9-2-1-6(11(14)12-9)7-5-15-8-3-4-16-10(7)8/h3-6,9,13H,1-2H2,(H,12,14). The molecule has 0 spiro atoms. The monoisotopic (exact) mass is 237 g/mol. The highest BCUT2D eigenvalue weighted by molar-refractivity contribution is 7.17. The molecule has 1 aliphatic rings. The second-order valence-electron chi connectivity index (χ2n) is 3.96. The van der Waals surface area contributed by atoms with Crippen molar-refractivity contribution in [2.75, 3.05) is 0 Å². The summed E-state index contributed by atoms with van der Waals surface area (Å²) in [5.41, 5.74) is 1.77. The summed E-state index contributed by atoms with van der Waals surface area (Å²) < 4.78 is 6.42. The van der Waals surface area contributed by atoms with Crippen molar-refractivity contribution < 1.29 is 14.3 Å². The van der Waals surface area contributed by atoms with Crippen molar-refractivity contribution in [1.29, 1.82) is 0 Å². The minimum absolute atomic E-state index is 0.116. The second kappa shape index (κ2) is 3.61. The lowest BCUT2D eigenvalue weighted by molar-refractivity contribution is -0.128. The first-order valence-corrected chi connectivity index (χ1v) is 6.06. The fourth-order valence-electron chi connectivity index (χ4n) is 2.11. The lowest BCUT2D eigenvalue weighted by Gasteiger charge is -2.25. The number of nitrogens with one attached hydrogen (secondary N) is 1. The number of carbonyl (C=O) groups is 1. The number of rotatable bonds is 1. The maximum atomic E-state index is 11.8. The first-order chi connectivity index (χ1) is 7.75. The number of piperidine rings is 1. The van der Waals surface area contributed by atoms with E-state index >= 15 is 0 Å². The molecule has 3 heterocycles. The van der Waals surface area contributed by atoms with Crippen molar-refractivity contribution in [3.05, 3.63) is 23.3 Å². The Morgan fingerprint density at radius 2 is 2.38 bits per heavy atom. The van der Waals surface area contributed by atoms with Crippen LogP contribution in [0.4, 0.5) is 0 Å². The molecule has 0 aromatic carbocycles. The molecular weight excluding hydrogens is 226 g/mol. The molecular formula is C11H11NO3S. The molecule has 5 heteroatoms. The van der Waals surface area contributed by atoms with Gasteiger partial charge in [0.15, 0.2) is 0 Å². The van der Waals surface area contributed by atoms with E-state index in [1.165, 1.54) is 0 Å². The highest BCUT2D eigenvalue weighted by atomic mass is 32.1. The van der Waals surface area contributed by atoms with Crippen LogP contribution in [0.1, 0.15) is 24.3 Å². The van der Waals surface area contributed by atoms with E-state index < -0.39 is 6.23 Å². The van der Waals surface area contributed by atoms with Crippen LogP contribution in [0.3, 0.4) is 0 Å². The number of hydrogen-bond acceptors (Lipinski definition) is 4. The van der Waals surface area contributed by atoms with Gasteiger partial charge in [0, 0.05) is 5.56 Å². The lowest BCUT2D eigenvalue weighted by atomic mass is 9.92. The minimum Gasteiger partial charge on any atom is -0.463 e. The number of thiophene rings is 1. The Kier molecular flexibility index (Phi) is 2.22. The molecule has 84 valence electrons. The number of carbonyl (C=O) groups excluding carboxylic acids is 1. The summed E-state index contributed by atoms with van der Waals surface area (Å²) in [6.45, 7) is 0. The number of amides is 1. The number of hydrogen-bond donors (Lipinski definition) is 2. The smallest absolute Gasteiger partial charge is 0.229 e. The highest BCUT2D eigenvalue weighted by Crippen LogP contribution is 2.35. The first-order valence-electron chi connectivity index (χ1n) is 5.19. The van der Waals surface area contributed by atoms with Crippen LogP contribution in [0.15, 0.2) is 22.1 Å². The largest absolute Gasteiger partial charge is 0.463 e. The number of furan rings is 1. The average molecular weight is 237 g/mol. The first kappa shape index (κ1) is 9.86. The molecule has 0 aliphatic carbocycles. The van der Waals surface area contributed by atoms with Gasteiger partial charge in [-0.15, -0.1) is 11.3 Å². The number of aliphatic hydroxyl groups is 1. The van der Waals surface area contributed by atoms with Crippen molar-refractivity contribution in [2.24, 2.45) is 0 Å². The molecule has 4 nitrogen and oxygen atoms in total. The van der Waals surface area contributed by atoms with E-state index in [0.29, 0.717) is 12.8 Å². The molecule has 3 rings (SSSR count). The van der Waals surface area contributed by atoms with E-state index in [1.807, 2.05) is 11.4 Å². The van der Waals surface area contributed by atoms with Gasteiger partial charge in [-0.2, -0.15) is 0 Å². The summed E-state index contributed by atoms with van der Waals surface area (Å²) in [7, 11) is 0. The van der Waals surface area contributed by atoms with Crippen LogP contribution in [0.5, 0.6) is 0 Å². The van der Waals surface area contributed by atoms with Gasteiger partial charge >= 0.3 is 0 Å². The molecule has 0 radical (unpaired) electrons. The Morgan fingerprint density at radius 3 is 3.19 bits per heavy atom. The molecule has 2 aromatic rings. The predicted octanol–water partition coefficient (Wildman–Crippen LogP) is 1.81. The SMILES string of the molecule is O=C1NC(O)CCC1c1coc2ccsc12. The quantitative estimate of drug-likeness (QED) is 0.795. The van der Waals surface area contributed by atoms with Gasteiger partial charge in [-0.25, -0.2) is 0 Å². The summed E-state index contributed by atoms with van der Waals surface area (Å²) in [4.78, 5) is 11.8. The molecule has 2 aromatic heterocycles. The Bertz CT molecular complexity index is 530. The maximum Gasteiger partial charge on any atom is 0.229 e. The normalized spacial score (nSPS) is 25.9. The van der Waals surface area contributed by atoms with Gasteiger partial charge in [0.25, 0.3) is 0 Å². The average Bonchev–Trinajstić information content (AvgIpc) is 2.80. The van der Waals surface area contributed by atoms with E-state index in [-0.39, 0.29) is 11.8 Å². The van der Waals surface area contributed by atoms with Gasteiger partial charge in [0.2, 0.25) is 5.91 Å². The minimum atomic E-state index is -0.700. The third-order valence-corrected chi connectivity index (χ3v) is 3.88. The topological polar surface area (TPSA) is 62.5 Å². The summed E-state index contributed by atoms with van der Waals surface area (Å²) in [5.74, 6) is -0.307. The van der Waals surface area contributed by atoms with E-state index in [0.717, 1.165) is 15.8 Å². The van der Waals surface area contributed by atoms with Crippen LogP contribution < -0.4 is 5.32 Å². The zero-order chi connectivity index (χ0) is 11.1. The molecule has 0 saturated carbocycles. The van der Waals surface area contributed by atoms with Crippen LogP contribution in [-0.2, 0) is 4.79 Å². The van der Waals surface area contributed by atoms with E-state index in [4.69, 9.17) is 4.42 Å². The van der Waals surface area contributed by atoms with Crippen molar-refractivity contribution in [3.63, 3.8) is 0 Å². The van der Waals surface area contributed by atoms with Gasteiger partial charge in [-0.3, -0.25) is 4.79 Å². The molecule has 1 amide bonds. The molecule has 16 heavy (non-hydrogen) atoms. The van der Waals surface area contributed by atoms with Crippen LogP contribution in [0.25, 0.3) is 10.3 Å². The van der Waals surface area contributed by atoms with E-state index in [2.05, 4.69) is 5.32 Å². The molecule has 1 saturated heterocycles. The van der Waals surface area contributed by atoms with Crippen LogP contribution in [0.2, 0.25) is 0 Å².